The number of phenols is 1. The Morgan fingerprint density at radius 2 is 1.86 bits per heavy atom. The van der Waals surface area contributed by atoms with Crippen LogP contribution in [0.1, 0.15) is 45.1 Å². The molecule has 4 aromatic rings. The second kappa shape index (κ2) is 9.88. The Morgan fingerprint density at radius 3 is 2.54 bits per heavy atom. The summed E-state index contributed by atoms with van der Waals surface area (Å²) in [5.41, 5.74) is 5.74. The van der Waals surface area contributed by atoms with Crippen LogP contribution in [0.5, 0.6) is 5.75 Å². The van der Waals surface area contributed by atoms with Gasteiger partial charge in [0.15, 0.2) is 5.11 Å². The summed E-state index contributed by atoms with van der Waals surface area (Å²) >= 11 is 12.1. The highest BCUT2D eigenvalue weighted by Crippen LogP contribution is 2.46. The summed E-state index contributed by atoms with van der Waals surface area (Å²) in [6.45, 7) is 4.08. The fourth-order valence-corrected chi connectivity index (χ4v) is 5.47. The quantitative estimate of drug-likeness (QED) is 0.248. The highest BCUT2D eigenvalue weighted by atomic mass is 35.5. The van der Waals surface area contributed by atoms with Gasteiger partial charge in [0.2, 0.25) is 0 Å². The topological polar surface area (TPSA) is 79.6 Å². The van der Waals surface area contributed by atoms with Gasteiger partial charge in [-0.05, 0) is 92.3 Å². The maximum atomic E-state index is 11.9. The summed E-state index contributed by atoms with van der Waals surface area (Å²) in [5, 5.41) is 15.2. The van der Waals surface area contributed by atoms with E-state index in [1.54, 1.807) is 36.5 Å². The second-order valence-electron chi connectivity index (χ2n) is 8.83. The van der Waals surface area contributed by atoms with Crippen molar-refractivity contribution >= 4 is 40.6 Å². The first kappa shape index (κ1) is 24.8. The number of anilines is 1. The van der Waals surface area contributed by atoms with E-state index < -0.39 is 0 Å². The third-order valence-electron chi connectivity index (χ3n) is 6.63. The molecule has 9 heteroatoms. The molecule has 1 saturated heterocycles. The van der Waals surface area contributed by atoms with Crippen LogP contribution >= 0.6 is 23.8 Å². The molecule has 5 rings (SSSR count). The van der Waals surface area contributed by atoms with Gasteiger partial charge in [-0.2, -0.15) is 0 Å². The number of carbonyl (C=O) groups excluding carboxylic acids is 1. The molecule has 2 N–H and O–H groups in total. The molecule has 1 aliphatic rings. The Balaban J connectivity index is 1.66. The second-order valence-corrected chi connectivity index (χ2v) is 9.65. The van der Waals surface area contributed by atoms with Gasteiger partial charge in [0.25, 0.3) is 0 Å². The van der Waals surface area contributed by atoms with Crippen LogP contribution in [0.4, 0.5) is 5.69 Å². The van der Waals surface area contributed by atoms with Crippen molar-refractivity contribution in [2.45, 2.75) is 25.9 Å². The molecule has 0 bridgehead atoms. The van der Waals surface area contributed by atoms with Crippen LogP contribution in [0.25, 0.3) is 5.69 Å². The van der Waals surface area contributed by atoms with E-state index in [-0.39, 0.29) is 23.8 Å². The van der Waals surface area contributed by atoms with E-state index in [1.165, 1.54) is 7.11 Å². The van der Waals surface area contributed by atoms with E-state index in [0.29, 0.717) is 21.4 Å². The van der Waals surface area contributed by atoms with E-state index in [2.05, 4.69) is 20.9 Å². The van der Waals surface area contributed by atoms with E-state index in [0.717, 1.165) is 28.3 Å². The molecule has 1 fully saturated rings. The zero-order chi connectivity index (χ0) is 26.3. The molecular weight excluding hydrogens is 508 g/mol. The Bertz CT molecular complexity index is 1490. The van der Waals surface area contributed by atoms with Crippen LogP contribution in [0, 0.1) is 13.8 Å². The summed E-state index contributed by atoms with van der Waals surface area (Å²) in [7, 11) is 1.37. The first-order valence-corrected chi connectivity index (χ1v) is 12.5. The molecule has 0 spiro atoms. The summed E-state index contributed by atoms with van der Waals surface area (Å²) in [6.07, 6.45) is 1.75. The highest BCUT2D eigenvalue weighted by Gasteiger charge is 2.43. The van der Waals surface area contributed by atoms with Crippen molar-refractivity contribution in [3.63, 3.8) is 0 Å². The predicted octanol–water partition coefficient (Wildman–Crippen LogP) is 5.81. The van der Waals surface area contributed by atoms with Crippen LogP contribution < -0.4 is 10.2 Å². The molecule has 7 nitrogen and oxygen atoms in total. The third kappa shape index (κ3) is 4.43. The number of rotatable bonds is 5. The van der Waals surface area contributed by atoms with Crippen LogP contribution in [0.15, 0.2) is 72.9 Å². The van der Waals surface area contributed by atoms with Gasteiger partial charge in [-0.1, -0.05) is 17.7 Å². The first-order chi connectivity index (χ1) is 17.8. The zero-order valence-electron chi connectivity index (χ0n) is 20.5. The lowest BCUT2D eigenvalue weighted by Crippen LogP contribution is -2.29. The lowest BCUT2D eigenvalue weighted by atomic mass is 9.96. The van der Waals surface area contributed by atoms with Crippen molar-refractivity contribution in [2.75, 3.05) is 12.0 Å². The number of hydrogen-bond acceptors (Lipinski definition) is 5. The number of aryl methyl sites for hydroxylation is 1. The fourth-order valence-electron chi connectivity index (χ4n) is 4.97. The standard InChI is InChI=1S/C28H25ClN4O3S/c1-16-14-21(17(2)32(16)20-10-7-18(8-11-20)27(35)36-3)26-25(22-6-4-5-13-30-22)31-28(37)33(26)23-15-19(29)9-12-24(23)34/h4-15,25-26,34H,1-3H3,(H,31,37)/t25-,26-/m0/s1. The van der Waals surface area contributed by atoms with E-state index in [9.17, 15) is 9.90 Å². The van der Waals surface area contributed by atoms with Crippen molar-refractivity contribution in [3.8, 4) is 11.4 Å². The lowest BCUT2D eigenvalue weighted by Gasteiger charge is -2.28. The van der Waals surface area contributed by atoms with Crippen molar-refractivity contribution in [1.82, 2.24) is 14.9 Å². The molecule has 0 aliphatic carbocycles. The molecule has 0 saturated carbocycles. The minimum atomic E-state index is -0.381. The number of aromatic nitrogens is 2. The van der Waals surface area contributed by atoms with Gasteiger partial charge in [-0.15, -0.1) is 0 Å². The van der Waals surface area contributed by atoms with Crippen molar-refractivity contribution in [3.05, 3.63) is 106 Å². The largest absolute Gasteiger partial charge is 0.506 e. The van der Waals surface area contributed by atoms with Gasteiger partial charge >= 0.3 is 5.97 Å². The molecule has 2 aromatic heterocycles. The summed E-state index contributed by atoms with van der Waals surface area (Å²) in [6, 6.07) is 19.5. The number of benzene rings is 2. The molecule has 3 heterocycles. The molecule has 0 amide bonds. The average molecular weight is 533 g/mol. The van der Waals surface area contributed by atoms with Crippen LogP contribution in [0.2, 0.25) is 5.02 Å². The van der Waals surface area contributed by atoms with Gasteiger partial charge < -0.3 is 24.6 Å². The maximum Gasteiger partial charge on any atom is 0.337 e. The van der Waals surface area contributed by atoms with Crippen molar-refractivity contribution in [1.29, 1.82) is 0 Å². The number of methoxy groups -OCH3 is 1. The monoisotopic (exact) mass is 532 g/mol. The Labute approximate surface area is 225 Å². The number of hydrogen-bond donors (Lipinski definition) is 2. The number of carbonyl (C=O) groups is 1. The minimum Gasteiger partial charge on any atom is -0.506 e. The number of nitrogens with one attached hydrogen (secondary N) is 1. The summed E-state index contributed by atoms with van der Waals surface area (Å²) in [4.78, 5) is 18.4. The van der Waals surface area contributed by atoms with E-state index in [4.69, 9.17) is 28.6 Å². The number of halogens is 1. The summed E-state index contributed by atoms with van der Waals surface area (Å²) < 4.78 is 6.96. The fraction of sp³-hybridized carbons (Fsp3) is 0.179. The van der Waals surface area contributed by atoms with Crippen LogP contribution in [0.3, 0.4) is 0 Å². The van der Waals surface area contributed by atoms with E-state index in [1.807, 2.05) is 49.1 Å². The van der Waals surface area contributed by atoms with Gasteiger partial charge in [0, 0.05) is 28.3 Å². The SMILES string of the molecule is COC(=O)c1ccc(-n2c(C)cc([C@H]3[C@H](c4ccccn4)NC(=S)N3c3cc(Cl)ccc3O)c2C)cc1. The Morgan fingerprint density at radius 1 is 1.11 bits per heavy atom. The number of phenolic OH excluding ortho intramolecular Hbond substituents is 1. The van der Waals surface area contributed by atoms with Crippen LogP contribution in [-0.4, -0.2) is 32.8 Å². The highest BCUT2D eigenvalue weighted by molar-refractivity contribution is 7.80. The number of aromatic hydroxyl groups is 1. The molecule has 37 heavy (non-hydrogen) atoms. The predicted molar refractivity (Wildman–Crippen MR) is 148 cm³/mol. The normalized spacial score (nSPS) is 17.1. The average Bonchev–Trinajstić information content (AvgIpc) is 3.40. The van der Waals surface area contributed by atoms with Gasteiger partial charge in [0.1, 0.15) is 5.75 Å². The Hall–Kier alpha value is -3.88. The Kier molecular flexibility index (Phi) is 6.62. The van der Waals surface area contributed by atoms with Crippen molar-refractivity contribution in [2.24, 2.45) is 0 Å². The maximum absolute atomic E-state index is 11.9. The molecule has 0 radical (unpaired) electrons. The molecule has 0 unspecified atom stereocenters. The molecule has 1 aliphatic heterocycles. The van der Waals surface area contributed by atoms with Crippen LogP contribution in [-0.2, 0) is 4.74 Å². The minimum absolute atomic E-state index is 0.0763. The summed E-state index contributed by atoms with van der Waals surface area (Å²) in [5.74, 6) is -0.304. The number of thiocarbonyl (C=S) groups is 1. The smallest absolute Gasteiger partial charge is 0.337 e. The first-order valence-electron chi connectivity index (χ1n) is 11.7. The number of esters is 1. The lowest BCUT2D eigenvalue weighted by molar-refractivity contribution is 0.0600. The molecule has 2 aromatic carbocycles. The third-order valence-corrected chi connectivity index (χ3v) is 7.18. The van der Waals surface area contributed by atoms with E-state index >= 15 is 0 Å². The zero-order valence-corrected chi connectivity index (χ0v) is 22.0. The van der Waals surface area contributed by atoms with Gasteiger partial charge in [0.05, 0.1) is 36.1 Å². The number of nitrogens with zero attached hydrogens (tertiary/aromatic N) is 3. The van der Waals surface area contributed by atoms with Gasteiger partial charge in [-0.3, -0.25) is 4.98 Å². The molecule has 188 valence electrons. The number of pyridine rings is 1. The number of ether oxygens (including phenoxy) is 1. The van der Waals surface area contributed by atoms with Crippen molar-refractivity contribution < 1.29 is 14.6 Å². The molecular formula is C28H25ClN4O3S. The molecule has 2 atom stereocenters. The van der Waals surface area contributed by atoms with Gasteiger partial charge in [-0.25, -0.2) is 4.79 Å².